The third kappa shape index (κ3) is 4.80. The van der Waals surface area contributed by atoms with Crippen molar-refractivity contribution in [2.75, 3.05) is 43.4 Å². The molecule has 0 spiro atoms. The van der Waals surface area contributed by atoms with Crippen LogP contribution in [0.5, 0.6) is 0 Å². The highest BCUT2D eigenvalue weighted by Gasteiger charge is 2.15. The van der Waals surface area contributed by atoms with Crippen molar-refractivity contribution < 1.29 is 0 Å². The van der Waals surface area contributed by atoms with E-state index in [2.05, 4.69) is 61.6 Å². The van der Waals surface area contributed by atoms with Crippen molar-refractivity contribution in [2.24, 2.45) is 0 Å². The van der Waals surface area contributed by atoms with Crippen molar-refractivity contribution in [1.82, 2.24) is 25.1 Å². The molecule has 2 N–H and O–H groups in total. The van der Waals surface area contributed by atoms with E-state index in [9.17, 15) is 0 Å². The third-order valence-corrected chi connectivity index (χ3v) is 6.50. The highest BCUT2D eigenvalue weighted by molar-refractivity contribution is 6.42. The van der Waals surface area contributed by atoms with Crippen molar-refractivity contribution in [3.63, 3.8) is 0 Å². The predicted molar refractivity (Wildman–Crippen MR) is 135 cm³/mol. The summed E-state index contributed by atoms with van der Waals surface area (Å²) >= 11 is 12.3. The largest absolute Gasteiger partial charge is 0.369 e. The van der Waals surface area contributed by atoms with Crippen molar-refractivity contribution in [3.05, 3.63) is 71.0 Å². The molecule has 0 atom stereocenters. The summed E-state index contributed by atoms with van der Waals surface area (Å²) in [6, 6.07) is 15.7. The van der Waals surface area contributed by atoms with Gasteiger partial charge in [0, 0.05) is 61.1 Å². The van der Waals surface area contributed by atoms with Gasteiger partial charge < -0.3 is 15.1 Å². The van der Waals surface area contributed by atoms with Gasteiger partial charge in [-0.1, -0.05) is 29.3 Å². The number of H-pyrrole nitrogens is 1. The number of hydrogen-bond donors (Lipinski definition) is 2. The molecule has 0 bridgehead atoms. The molecule has 2 aromatic heterocycles. The van der Waals surface area contributed by atoms with Gasteiger partial charge in [0.05, 0.1) is 15.7 Å². The zero-order valence-corrected chi connectivity index (χ0v) is 19.6. The van der Waals surface area contributed by atoms with Crippen LogP contribution in [0.15, 0.2) is 60.9 Å². The second kappa shape index (κ2) is 9.39. The van der Waals surface area contributed by atoms with E-state index in [-0.39, 0.29) is 0 Å². The fraction of sp³-hybridized carbons (Fsp3) is 0.208. The standard InChI is InChI=1S/C24H23Cl2N7/c1-32-10-12-33(13-11-32)18-5-3-17(4-6-18)29-24-27-9-8-22(30-24)19-15-28-31-23(19)16-2-7-20(25)21(26)14-16/h2-9,14-15H,10-13H2,1H3,(H,28,31)(H,27,29,30). The van der Waals surface area contributed by atoms with E-state index in [1.807, 2.05) is 18.3 Å². The maximum absolute atomic E-state index is 6.20. The Morgan fingerprint density at radius 2 is 1.73 bits per heavy atom. The average Bonchev–Trinajstić information content (AvgIpc) is 3.32. The maximum Gasteiger partial charge on any atom is 0.227 e. The van der Waals surface area contributed by atoms with Gasteiger partial charge in [0.1, 0.15) is 5.69 Å². The molecule has 168 valence electrons. The van der Waals surface area contributed by atoms with Crippen LogP contribution >= 0.6 is 23.2 Å². The van der Waals surface area contributed by atoms with Crippen LogP contribution in [0, 0.1) is 0 Å². The van der Waals surface area contributed by atoms with Gasteiger partial charge in [-0.15, -0.1) is 0 Å². The molecule has 0 saturated carbocycles. The Hall–Kier alpha value is -3.13. The van der Waals surface area contributed by atoms with E-state index in [4.69, 9.17) is 28.2 Å². The first-order valence-electron chi connectivity index (χ1n) is 10.7. The van der Waals surface area contributed by atoms with Crippen LogP contribution in [0.2, 0.25) is 10.0 Å². The number of hydrogen-bond acceptors (Lipinski definition) is 6. The highest BCUT2D eigenvalue weighted by Crippen LogP contribution is 2.33. The predicted octanol–water partition coefficient (Wildman–Crippen LogP) is 5.34. The lowest BCUT2D eigenvalue weighted by Gasteiger charge is -2.34. The fourth-order valence-electron chi connectivity index (χ4n) is 3.87. The molecule has 3 heterocycles. The number of nitrogens with one attached hydrogen (secondary N) is 2. The van der Waals surface area contributed by atoms with Crippen LogP contribution in [0.25, 0.3) is 22.5 Å². The second-order valence-electron chi connectivity index (χ2n) is 8.00. The number of rotatable bonds is 5. The molecular weight excluding hydrogens is 457 g/mol. The number of anilines is 3. The van der Waals surface area contributed by atoms with Gasteiger partial charge in [-0.2, -0.15) is 5.10 Å². The molecule has 0 radical (unpaired) electrons. The van der Waals surface area contributed by atoms with E-state index >= 15 is 0 Å². The first-order chi connectivity index (χ1) is 16.1. The smallest absolute Gasteiger partial charge is 0.227 e. The SMILES string of the molecule is CN1CCN(c2ccc(Nc3nccc(-c4c[nH]nc4-c4ccc(Cl)c(Cl)c4)n3)cc2)CC1. The molecule has 9 heteroatoms. The maximum atomic E-state index is 6.20. The van der Waals surface area contributed by atoms with Crippen LogP contribution in [0.4, 0.5) is 17.3 Å². The summed E-state index contributed by atoms with van der Waals surface area (Å²) in [5, 5.41) is 11.6. The lowest BCUT2D eigenvalue weighted by Crippen LogP contribution is -2.44. The molecule has 2 aromatic carbocycles. The Morgan fingerprint density at radius 1 is 0.939 bits per heavy atom. The molecule has 1 saturated heterocycles. The highest BCUT2D eigenvalue weighted by atomic mass is 35.5. The molecular formula is C24H23Cl2N7. The summed E-state index contributed by atoms with van der Waals surface area (Å²) in [7, 11) is 2.16. The Bertz CT molecular complexity index is 1250. The monoisotopic (exact) mass is 479 g/mol. The molecule has 0 unspecified atom stereocenters. The van der Waals surface area contributed by atoms with Crippen LogP contribution in [-0.4, -0.2) is 58.3 Å². The molecule has 0 aliphatic carbocycles. The Kier molecular flexibility index (Phi) is 6.17. The summed E-state index contributed by atoms with van der Waals surface area (Å²) in [5.74, 6) is 0.515. The van der Waals surface area contributed by atoms with Crippen LogP contribution in [0.1, 0.15) is 0 Å². The zero-order valence-electron chi connectivity index (χ0n) is 18.1. The summed E-state index contributed by atoms with van der Waals surface area (Å²) in [6.07, 6.45) is 3.55. The fourth-order valence-corrected chi connectivity index (χ4v) is 4.17. The molecule has 5 rings (SSSR count). The number of piperazine rings is 1. The first kappa shape index (κ1) is 21.7. The van der Waals surface area contributed by atoms with Gasteiger partial charge in [-0.25, -0.2) is 9.97 Å². The number of aromatic nitrogens is 4. The van der Waals surface area contributed by atoms with Gasteiger partial charge >= 0.3 is 0 Å². The molecule has 0 amide bonds. The van der Waals surface area contributed by atoms with Gasteiger partial charge in [0.25, 0.3) is 0 Å². The molecule has 1 aliphatic rings. The quantitative estimate of drug-likeness (QED) is 0.402. The number of nitrogens with zero attached hydrogens (tertiary/aromatic N) is 5. The zero-order chi connectivity index (χ0) is 22.8. The minimum Gasteiger partial charge on any atom is -0.369 e. The number of likely N-dealkylation sites (N-methyl/N-ethyl adjacent to an activating group) is 1. The normalized spacial score (nSPS) is 14.5. The van der Waals surface area contributed by atoms with E-state index in [1.165, 1.54) is 5.69 Å². The van der Waals surface area contributed by atoms with E-state index in [1.54, 1.807) is 18.3 Å². The summed E-state index contributed by atoms with van der Waals surface area (Å²) in [4.78, 5) is 13.8. The Balaban J connectivity index is 1.34. The van der Waals surface area contributed by atoms with Crippen LogP contribution < -0.4 is 10.2 Å². The molecule has 4 aromatic rings. The third-order valence-electron chi connectivity index (χ3n) is 5.76. The average molecular weight is 480 g/mol. The number of halogens is 2. The molecule has 1 aliphatic heterocycles. The first-order valence-corrected chi connectivity index (χ1v) is 11.5. The summed E-state index contributed by atoms with van der Waals surface area (Å²) in [6.45, 7) is 4.25. The van der Waals surface area contributed by atoms with Gasteiger partial charge in [0.15, 0.2) is 0 Å². The molecule has 1 fully saturated rings. The van der Waals surface area contributed by atoms with Gasteiger partial charge in [0.2, 0.25) is 5.95 Å². The number of aromatic amines is 1. The van der Waals surface area contributed by atoms with Crippen molar-refractivity contribution in [1.29, 1.82) is 0 Å². The topological polar surface area (TPSA) is 73.0 Å². The summed E-state index contributed by atoms with van der Waals surface area (Å²) in [5.41, 5.74) is 5.36. The molecule has 33 heavy (non-hydrogen) atoms. The Morgan fingerprint density at radius 3 is 2.48 bits per heavy atom. The number of benzene rings is 2. The summed E-state index contributed by atoms with van der Waals surface area (Å²) < 4.78 is 0. The van der Waals surface area contributed by atoms with Crippen molar-refractivity contribution >= 4 is 40.5 Å². The lowest BCUT2D eigenvalue weighted by atomic mass is 10.1. The van der Waals surface area contributed by atoms with E-state index in [0.717, 1.165) is 54.4 Å². The van der Waals surface area contributed by atoms with E-state index in [0.29, 0.717) is 16.0 Å². The second-order valence-corrected chi connectivity index (χ2v) is 8.82. The van der Waals surface area contributed by atoms with Crippen LogP contribution in [-0.2, 0) is 0 Å². The van der Waals surface area contributed by atoms with Crippen molar-refractivity contribution in [2.45, 2.75) is 0 Å². The van der Waals surface area contributed by atoms with Crippen LogP contribution in [0.3, 0.4) is 0 Å². The minimum atomic E-state index is 0.480. The lowest BCUT2D eigenvalue weighted by molar-refractivity contribution is 0.313. The van der Waals surface area contributed by atoms with Gasteiger partial charge in [-0.3, -0.25) is 5.10 Å². The Labute approximate surface area is 202 Å². The minimum absolute atomic E-state index is 0.480. The van der Waals surface area contributed by atoms with E-state index < -0.39 is 0 Å². The van der Waals surface area contributed by atoms with Crippen molar-refractivity contribution in [3.8, 4) is 22.5 Å². The van der Waals surface area contributed by atoms with Gasteiger partial charge in [-0.05, 0) is 49.5 Å². The molecule has 7 nitrogen and oxygen atoms in total.